The second kappa shape index (κ2) is 8.08. The van der Waals surface area contributed by atoms with Gasteiger partial charge in [0.25, 0.3) is 0 Å². The van der Waals surface area contributed by atoms with E-state index in [0.29, 0.717) is 30.1 Å². The number of likely N-dealkylation sites (tertiary alicyclic amines) is 1. The molecule has 6 heteroatoms. The lowest BCUT2D eigenvalue weighted by Crippen LogP contribution is -3.00. The molecule has 1 N–H and O–H groups in total. The van der Waals surface area contributed by atoms with Crippen molar-refractivity contribution >= 4 is 0 Å². The SMILES string of the molecule is CC1CCCC(C)N1CC(O)COc1ccc2c(c1)OCO2.[Cl-]. The van der Waals surface area contributed by atoms with E-state index in [1.165, 1.54) is 19.3 Å². The lowest BCUT2D eigenvalue weighted by Gasteiger charge is -2.40. The van der Waals surface area contributed by atoms with E-state index in [4.69, 9.17) is 14.2 Å². The minimum atomic E-state index is -0.492. The molecule has 0 amide bonds. The van der Waals surface area contributed by atoms with Crippen LogP contribution >= 0.6 is 0 Å². The Morgan fingerprint density at radius 1 is 1.22 bits per heavy atom. The van der Waals surface area contributed by atoms with Gasteiger partial charge in [-0.15, -0.1) is 0 Å². The van der Waals surface area contributed by atoms with Crippen LogP contribution in [-0.2, 0) is 0 Å². The number of rotatable bonds is 5. The number of benzene rings is 1. The maximum Gasteiger partial charge on any atom is 0.231 e. The molecule has 0 bridgehead atoms. The first-order valence-electron chi connectivity index (χ1n) is 8.09. The van der Waals surface area contributed by atoms with Crippen LogP contribution in [0.4, 0.5) is 0 Å². The quantitative estimate of drug-likeness (QED) is 0.776. The third-order valence-corrected chi connectivity index (χ3v) is 4.58. The molecule has 0 aliphatic carbocycles. The summed E-state index contributed by atoms with van der Waals surface area (Å²) in [6, 6.07) is 6.54. The molecular formula is C17H25ClNO4-. The molecule has 3 unspecified atom stereocenters. The molecule has 0 aromatic heterocycles. The summed E-state index contributed by atoms with van der Waals surface area (Å²) in [4.78, 5) is 2.39. The Bertz CT molecular complexity index is 503. The normalized spacial score (nSPS) is 24.8. The summed E-state index contributed by atoms with van der Waals surface area (Å²) < 4.78 is 16.3. The summed E-state index contributed by atoms with van der Waals surface area (Å²) >= 11 is 0. The highest BCUT2D eigenvalue weighted by molar-refractivity contribution is 5.46. The zero-order chi connectivity index (χ0) is 15.5. The largest absolute Gasteiger partial charge is 1.00 e. The Morgan fingerprint density at radius 3 is 2.65 bits per heavy atom. The Kier molecular flexibility index (Phi) is 6.39. The fourth-order valence-electron chi connectivity index (χ4n) is 3.29. The van der Waals surface area contributed by atoms with E-state index in [0.717, 1.165) is 5.75 Å². The standard InChI is InChI=1S/C17H25NO4.ClH/c1-12-4-3-5-13(2)18(12)9-14(19)10-20-15-6-7-16-17(8-15)22-11-21-16;/h6-8,12-14,19H,3-5,9-11H2,1-2H3;1H/p-1. The molecule has 3 atom stereocenters. The van der Waals surface area contributed by atoms with Crippen LogP contribution in [-0.4, -0.2) is 48.1 Å². The van der Waals surface area contributed by atoms with Gasteiger partial charge >= 0.3 is 0 Å². The first-order valence-corrected chi connectivity index (χ1v) is 8.09. The summed E-state index contributed by atoms with van der Waals surface area (Å²) in [5.74, 6) is 2.14. The van der Waals surface area contributed by atoms with Gasteiger partial charge in [-0.3, -0.25) is 4.90 Å². The Hall–Kier alpha value is -1.17. The molecule has 2 aliphatic heterocycles. The molecule has 2 heterocycles. The van der Waals surface area contributed by atoms with Gasteiger partial charge in [0.1, 0.15) is 18.5 Å². The van der Waals surface area contributed by atoms with Crippen LogP contribution in [0.2, 0.25) is 0 Å². The van der Waals surface area contributed by atoms with Crippen molar-refractivity contribution in [3.63, 3.8) is 0 Å². The molecule has 0 saturated carbocycles. The van der Waals surface area contributed by atoms with Crippen molar-refractivity contribution in [3.05, 3.63) is 18.2 Å². The molecule has 1 aromatic rings. The number of fused-ring (bicyclic) bond motifs is 1. The van der Waals surface area contributed by atoms with Crippen molar-refractivity contribution in [2.45, 2.75) is 51.3 Å². The van der Waals surface area contributed by atoms with Crippen LogP contribution in [0.15, 0.2) is 18.2 Å². The first kappa shape index (κ1) is 18.2. The molecule has 0 spiro atoms. The number of ether oxygens (including phenoxy) is 3. The first-order chi connectivity index (χ1) is 10.6. The third-order valence-electron chi connectivity index (χ3n) is 4.58. The zero-order valence-electron chi connectivity index (χ0n) is 13.7. The number of aliphatic hydroxyl groups is 1. The van der Waals surface area contributed by atoms with Gasteiger partial charge < -0.3 is 31.7 Å². The highest BCUT2D eigenvalue weighted by atomic mass is 35.5. The summed E-state index contributed by atoms with van der Waals surface area (Å²) in [5, 5.41) is 10.3. The predicted molar refractivity (Wildman–Crippen MR) is 83.5 cm³/mol. The van der Waals surface area contributed by atoms with Gasteiger partial charge in [0, 0.05) is 24.7 Å². The second-order valence-electron chi connectivity index (χ2n) is 6.31. The Labute approximate surface area is 143 Å². The third kappa shape index (κ3) is 4.43. The predicted octanol–water partition coefficient (Wildman–Crippen LogP) is -0.578. The monoisotopic (exact) mass is 342 g/mol. The van der Waals surface area contributed by atoms with Gasteiger partial charge in [-0.1, -0.05) is 6.42 Å². The molecule has 1 fully saturated rings. The molecule has 23 heavy (non-hydrogen) atoms. The lowest BCUT2D eigenvalue weighted by molar-refractivity contribution is -0.00000806. The zero-order valence-corrected chi connectivity index (χ0v) is 14.5. The molecule has 130 valence electrons. The van der Waals surface area contributed by atoms with Crippen molar-refractivity contribution in [2.24, 2.45) is 0 Å². The van der Waals surface area contributed by atoms with Crippen molar-refractivity contribution in [2.75, 3.05) is 19.9 Å². The van der Waals surface area contributed by atoms with Crippen LogP contribution in [0.3, 0.4) is 0 Å². The van der Waals surface area contributed by atoms with E-state index in [9.17, 15) is 5.11 Å². The average Bonchev–Trinajstić information content (AvgIpc) is 2.96. The fourth-order valence-corrected chi connectivity index (χ4v) is 3.29. The Morgan fingerprint density at radius 2 is 1.91 bits per heavy atom. The topological polar surface area (TPSA) is 51.2 Å². The van der Waals surface area contributed by atoms with Gasteiger partial charge in [0.2, 0.25) is 6.79 Å². The maximum atomic E-state index is 10.3. The molecule has 1 saturated heterocycles. The smallest absolute Gasteiger partial charge is 0.231 e. The number of aliphatic hydroxyl groups excluding tert-OH is 1. The van der Waals surface area contributed by atoms with Crippen LogP contribution in [0.25, 0.3) is 0 Å². The van der Waals surface area contributed by atoms with Gasteiger partial charge in [-0.05, 0) is 38.8 Å². The number of nitrogens with zero attached hydrogens (tertiary/aromatic N) is 1. The Balaban J connectivity index is 0.00000192. The van der Waals surface area contributed by atoms with Crippen molar-refractivity contribution in [3.8, 4) is 17.2 Å². The summed E-state index contributed by atoms with van der Waals surface area (Å²) in [7, 11) is 0. The van der Waals surface area contributed by atoms with Gasteiger partial charge in [0.15, 0.2) is 11.5 Å². The molecule has 3 rings (SSSR count). The summed E-state index contributed by atoms with van der Waals surface area (Å²) in [5.41, 5.74) is 0. The van der Waals surface area contributed by atoms with Gasteiger partial charge in [-0.2, -0.15) is 0 Å². The van der Waals surface area contributed by atoms with E-state index < -0.39 is 6.10 Å². The van der Waals surface area contributed by atoms with E-state index in [-0.39, 0.29) is 25.8 Å². The maximum absolute atomic E-state index is 10.3. The van der Waals surface area contributed by atoms with Crippen LogP contribution in [0, 0.1) is 0 Å². The highest BCUT2D eigenvalue weighted by Crippen LogP contribution is 2.35. The minimum absolute atomic E-state index is 0. The van der Waals surface area contributed by atoms with E-state index >= 15 is 0 Å². The molecule has 2 aliphatic rings. The number of halogens is 1. The van der Waals surface area contributed by atoms with E-state index in [1.807, 2.05) is 12.1 Å². The second-order valence-corrected chi connectivity index (χ2v) is 6.31. The van der Waals surface area contributed by atoms with Crippen molar-refractivity contribution in [1.82, 2.24) is 4.90 Å². The number of β-amino-alcohol motifs (C(OH)–C–C–N with tert-alkyl or cyclic N) is 1. The lowest BCUT2D eigenvalue weighted by atomic mass is 9.97. The van der Waals surface area contributed by atoms with Crippen molar-refractivity contribution in [1.29, 1.82) is 0 Å². The van der Waals surface area contributed by atoms with Crippen LogP contribution in [0.5, 0.6) is 17.2 Å². The summed E-state index contributed by atoms with van der Waals surface area (Å²) in [6.45, 7) is 5.68. The molecule has 1 aromatic carbocycles. The van der Waals surface area contributed by atoms with Gasteiger partial charge in [0.05, 0.1) is 0 Å². The van der Waals surface area contributed by atoms with Gasteiger partial charge in [-0.25, -0.2) is 0 Å². The molecule has 0 radical (unpaired) electrons. The number of piperidine rings is 1. The van der Waals surface area contributed by atoms with E-state index in [2.05, 4.69) is 18.7 Å². The fraction of sp³-hybridized carbons (Fsp3) is 0.647. The van der Waals surface area contributed by atoms with E-state index in [1.54, 1.807) is 6.07 Å². The minimum Gasteiger partial charge on any atom is -1.00 e. The van der Waals surface area contributed by atoms with Crippen molar-refractivity contribution < 1.29 is 31.7 Å². The van der Waals surface area contributed by atoms with Crippen LogP contribution in [0.1, 0.15) is 33.1 Å². The number of hydrogen-bond donors (Lipinski definition) is 1. The average molecular weight is 343 g/mol. The summed E-state index contributed by atoms with van der Waals surface area (Å²) in [6.07, 6.45) is 3.21. The highest BCUT2D eigenvalue weighted by Gasteiger charge is 2.26. The van der Waals surface area contributed by atoms with Crippen LogP contribution < -0.4 is 26.6 Å². The molecule has 5 nitrogen and oxygen atoms in total. The number of hydrogen-bond acceptors (Lipinski definition) is 5. The molecular weight excluding hydrogens is 318 g/mol.